The Hall–Kier alpha value is -1.75. The van der Waals surface area contributed by atoms with Crippen molar-refractivity contribution in [3.05, 3.63) is 23.8 Å². The van der Waals surface area contributed by atoms with E-state index in [-0.39, 0.29) is 18.1 Å². The highest BCUT2D eigenvalue weighted by Gasteiger charge is 2.30. The van der Waals surface area contributed by atoms with E-state index in [2.05, 4.69) is 0 Å². The average Bonchev–Trinajstić information content (AvgIpc) is 2.93. The molecule has 2 atom stereocenters. The molecule has 0 spiro atoms. The number of ether oxygens (including phenoxy) is 2. The topological polar surface area (TPSA) is 59.0 Å². The largest absolute Gasteiger partial charge is 0.486 e. The lowest BCUT2D eigenvalue weighted by Crippen LogP contribution is -2.37. The van der Waals surface area contributed by atoms with Crippen LogP contribution in [-0.4, -0.2) is 47.8 Å². The molecule has 0 aromatic heterocycles. The van der Waals surface area contributed by atoms with Gasteiger partial charge in [0.15, 0.2) is 11.5 Å². The van der Waals surface area contributed by atoms with Crippen LogP contribution in [0.5, 0.6) is 11.5 Å². The minimum atomic E-state index is -0.385. The molecule has 1 amide bonds. The normalized spacial score (nSPS) is 22.2. The molecule has 2 aliphatic rings. The van der Waals surface area contributed by atoms with E-state index in [1.165, 1.54) is 0 Å². The van der Waals surface area contributed by atoms with Crippen molar-refractivity contribution in [3.63, 3.8) is 0 Å². The fourth-order valence-corrected chi connectivity index (χ4v) is 3.08. The Morgan fingerprint density at radius 3 is 2.90 bits per heavy atom. The Balaban J connectivity index is 1.78. The summed E-state index contributed by atoms with van der Waals surface area (Å²) in [6.07, 6.45) is 2.20. The highest BCUT2D eigenvalue weighted by molar-refractivity contribution is 5.95. The first-order valence-electron chi connectivity index (χ1n) is 7.54. The van der Waals surface area contributed by atoms with Gasteiger partial charge < -0.3 is 19.5 Å². The minimum absolute atomic E-state index is 0.00937. The summed E-state index contributed by atoms with van der Waals surface area (Å²) >= 11 is 0. The van der Waals surface area contributed by atoms with Crippen LogP contribution in [0, 0.1) is 0 Å². The summed E-state index contributed by atoms with van der Waals surface area (Å²) in [5, 5.41) is 9.57. The van der Waals surface area contributed by atoms with Gasteiger partial charge in [0.2, 0.25) is 0 Å². The van der Waals surface area contributed by atoms with Crippen LogP contribution in [0.25, 0.3) is 0 Å². The SMILES string of the molecule is CC(O)CC1CCCN1C(=O)c1ccc2c(c1)OCCO2. The highest BCUT2D eigenvalue weighted by Crippen LogP contribution is 2.32. The third kappa shape index (κ3) is 2.97. The smallest absolute Gasteiger partial charge is 0.254 e. The van der Waals surface area contributed by atoms with Gasteiger partial charge in [0.05, 0.1) is 6.10 Å². The van der Waals surface area contributed by atoms with E-state index >= 15 is 0 Å². The first-order chi connectivity index (χ1) is 10.1. The van der Waals surface area contributed by atoms with Gasteiger partial charge in [0, 0.05) is 18.2 Å². The minimum Gasteiger partial charge on any atom is -0.486 e. The average molecular weight is 291 g/mol. The predicted octanol–water partition coefficient (Wildman–Crippen LogP) is 1.83. The van der Waals surface area contributed by atoms with Crippen LogP contribution in [0.15, 0.2) is 18.2 Å². The standard InChI is InChI=1S/C16H21NO4/c1-11(18)9-13-3-2-6-17(13)16(19)12-4-5-14-15(10-12)21-8-7-20-14/h4-5,10-11,13,18H,2-3,6-9H2,1H3. The van der Waals surface area contributed by atoms with Crippen molar-refractivity contribution in [3.8, 4) is 11.5 Å². The van der Waals surface area contributed by atoms with E-state index in [0.29, 0.717) is 36.7 Å². The molecule has 0 aliphatic carbocycles. The number of likely N-dealkylation sites (tertiary alicyclic amines) is 1. The number of rotatable bonds is 3. The number of carbonyl (C=O) groups is 1. The fourth-order valence-electron chi connectivity index (χ4n) is 3.08. The number of benzene rings is 1. The number of aliphatic hydroxyl groups is 1. The maximum Gasteiger partial charge on any atom is 0.254 e. The Bertz CT molecular complexity index is 529. The molecular weight excluding hydrogens is 270 g/mol. The number of aliphatic hydroxyl groups excluding tert-OH is 1. The molecule has 1 aromatic rings. The van der Waals surface area contributed by atoms with Gasteiger partial charge in [0.1, 0.15) is 13.2 Å². The summed E-state index contributed by atoms with van der Waals surface area (Å²) in [5.41, 5.74) is 0.622. The number of fused-ring (bicyclic) bond motifs is 1. The van der Waals surface area contributed by atoms with E-state index in [1.54, 1.807) is 25.1 Å². The van der Waals surface area contributed by atoms with E-state index in [1.807, 2.05) is 4.90 Å². The maximum atomic E-state index is 12.7. The van der Waals surface area contributed by atoms with Crippen molar-refractivity contribution in [2.45, 2.75) is 38.3 Å². The lowest BCUT2D eigenvalue weighted by atomic mass is 10.1. The highest BCUT2D eigenvalue weighted by atomic mass is 16.6. The molecule has 2 aliphatic heterocycles. The Morgan fingerprint density at radius 2 is 2.14 bits per heavy atom. The van der Waals surface area contributed by atoms with Crippen molar-refractivity contribution in [1.29, 1.82) is 0 Å². The lowest BCUT2D eigenvalue weighted by Gasteiger charge is -2.26. The zero-order chi connectivity index (χ0) is 14.8. The third-order valence-corrected chi connectivity index (χ3v) is 4.04. The first-order valence-corrected chi connectivity index (χ1v) is 7.54. The molecule has 2 unspecified atom stereocenters. The molecular formula is C16H21NO4. The molecule has 0 bridgehead atoms. The zero-order valence-electron chi connectivity index (χ0n) is 12.2. The molecule has 1 saturated heterocycles. The predicted molar refractivity (Wildman–Crippen MR) is 77.8 cm³/mol. The Morgan fingerprint density at radius 1 is 1.38 bits per heavy atom. The molecule has 1 N–H and O–H groups in total. The van der Waals surface area contributed by atoms with Crippen molar-refractivity contribution in [2.24, 2.45) is 0 Å². The van der Waals surface area contributed by atoms with Crippen LogP contribution in [0.1, 0.15) is 36.5 Å². The van der Waals surface area contributed by atoms with Crippen molar-refractivity contribution < 1.29 is 19.4 Å². The van der Waals surface area contributed by atoms with Crippen molar-refractivity contribution >= 4 is 5.91 Å². The molecule has 3 rings (SSSR count). The Kier molecular flexibility index (Phi) is 4.01. The molecule has 5 nitrogen and oxygen atoms in total. The van der Waals surface area contributed by atoms with Gasteiger partial charge in [0.25, 0.3) is 5.91 Å². The fraction of sp³-hybridized carbons (Fsp3) is 0.562. The number of nitrogens with zero attached hydrogens (tertiary/aromatic N) is 1. The van der Waals surface area contributed by atoms with Gasteiger partial charge in [-0.2, -0.15) is 0 Å². The molecule has 114 valence electrons. The van der Waals surface area contributed by atoms with Gasteiger partial charge in [-0.1, -0.05) is 0 Å². The molecule has 1 aromatic carbocycles. The van der Waals surface area contributed by atoms with Crippen molar-refractivity contribution in [1.82, 2.24) is 4.90 Å². The van der Waals surface area contributed by atoms with Crippen LogP contribution >= 0.6 is 0 Å². The second-order valence-electron chi connectivity index (χ2n) is 5.74. The van der Waals surface area contributed by atoms with E-state index in [9.17, 15) is 9.90 Å². The zero-order valence-corrected chi connectivity index (χ0v) is 12.2. The third-order valence-electron chi connectivity index (χ3n) is 4.04. The monoisotopic (exact) mass is 291 g/mol. The van der Waals surface area contributed by atoms with Gasteiger partial charge in [-0.3, -0.25) is 4.79 Å². The second-order valence-corrected chi connectivity index (χ2v) is 5.74. The van der Waals surface area contributed by atoms with Crippen molar-refractivity contribution in [2.75, 3.05) is 19.8 Å². The number of hydrogen-bond donors (Lipinski definition) is 1. The quantitative estimate of drug-likeness (QED) is 0.923. The van der Waals surface area contributed by atoms with Gasteiger partial charge >= 0.3 is 0 Å². The molecule has 0 radical (unpaired) electrons. The molecule has 1 fully saturated rings. The van der Waals surface area contributed by atoms with Gasteiger partial charge in [-0.05, 0) is 44.4 Å². The molecule has 21 heavy (non-hydrogen) atoms. The molecule has 5 heteroatoms. The summed E-state index contributed by atoms with van der Waals surface area (Å²) in [6, 6.07) is 5.47. The molecule has 2 heterocycles. The number of carbonyl (C=O) groups excluding carboxylic acids is 1. The van der Waals surface area contributed by atoms with Crippen LogP contribution in [0.4, 0.5) is 0 Å². The lowest BCUT2D eigenvalue weighted by molar-refractivity contribution is 0.0681. The summed E-state index contributed by atoms with van der Waals surface area (Å²) in [5.74, 6) is 1.34. The van der Waals surface area contributed by atoms with Crippen LogP contribution in [-0.2, 0) is 0 Å². The summed E-state index contributed by atoms with van der Waals surface area (Å²) in [7, 11) is 0. The Labute approximate surface area is 124 Å². The van der Waals surface area contributed by atoms with E-state index < -0.39 is 0 Å². The van der Waals surface area contributed by atoms with Crippen LogP contribution < -0.4 is 9.47 Å². The molecule has 0 saturated carbocycles. The van der Waals surface area contributed by atoms with Crippen LogP contribution in [0.2, 0.25) is 0 Å². The van der Waals surface area contributed by atoms with E-state index in [4.69, 9.17) is 9.47 Å². The maximum absolute atomic E-state index is 12.7. The summed E-state index contributed by atoms with van der Waals surface area (Å²) in [4.78, 5) is 14.5. The van der Waals surface area contributed by atoms with Gasteiger partial charge in [-0.15, -0.1) is 0 Å². The van der Waals surface area contributed by atoms with Gasteiger partial charge in [-0.25, -0.2) is 0 Å². The first kappa shape index (κ1) is 14.2. The number of hydrogen-bond acceptors (Lipinski definition) is 4. The summed E-state index contributed by atoms with van der Waals surface area (Å²) < 4.78 is 11.0. The van der Waals surface area contributed by atoms with E-state index in [0.717, 1.165) is 19.4 Å². The summed E-state index contributed by atoms with van der Waals surface area (Å²) in [6.45, 7) is 3.58. The second kappa shape index (κ2) is 5.93. The van der Waals surface area contributed by atoms with Crippen LogP contribution in [0.3, 0.4) is 0 Å². The number of amides is 1.